The molecular formula is C25H41N5O3S. The standard InChI is InChI=1S/C25H41N5O3S/c1-26-24(25(31)29-23-17-11-15-10-16(13-17)20(23)12-15)21-14-19(30-34(32,33)27-2)8-9-22(21)28-18-6-4-3-5-7-18/h15-20,23,27-28,30H,3-14H2,1-2H3,(H,29,31). The number of amides is 1. The van der Waals surface area contributed by atoms with Gasteiger partial charge in [0.2, 0.25) is 0 Å². The van der Waals surface area contributed by atoms with Crippen LogP contribution in [0.2, 0.25) is 0 Å². The van der Waals surface area contributed by atoms with Crippen molar-refractivity contribution < 1.29 is 13.2 Å². The Balaban J connectivity index is 1.35. The zero-order chi connectivity index (χ0) is 23.9. The van der Waals surface area contributed by atoms with E-state index in [9.17, 15) is 13.2 Å². The molecule has 4 N–H and O–H groups in total. The van der Waals surface area contributed by atoms with Crippen LogP contribution in [0.3, 0.4) is 0 Å². The van der Waals surface area contributed by atoms with Crippen molar-refractivity contribution >= 4 is 21.8 Å². The third-order valence-corrected chi connectivity index (χ3v) is 10.4. The van der Waals surface area contributed by atoms with E-state index in [0.29, 0.717) is 42.9 Å². The van der Waals surface area contributed by atoms with E-state index >= 15 is 0 Å². The van der Waals surface area contributed by atoms with Crippen LogP contribution in [0.4, 0.5) is 0 Å². The highest BCUT2D eigenvalue weighted by Crippen LogP contribution is 2.58. The zero-order valence-corrected chi connectivity index (χ0v) is 21.4. The van der Waals surface area contributed by atoms with E-state index in [4.69, 9.17) is 0 Å². The average molecular weight is 492 g/mol. The Kier molecular flexibility index (Phi) is 7.06. The fourth-order valence-electron chi connectivity index (χ4n) is 7.77. The molecule has 0 aromatic rings. The monoisotopic (exact) mass is 491 g/mol. The summed E-state index contributed by atoms with van der Waals surface area (Å²) in [4.78, 5) is 18.1. The molecule has 190 valence electrons. The molecule has 0 saturated heterocycles. The van der Waals surface area contributed by atoms with Crippen LogP contribution in [-0.4, -0.2) is 52.3 Å². The zero-order valence-electron chi connectivity index (χ0n) is 20.6. The Hall–Kier alpha value is -1.45. The minimum Gasteiger partial charge on any atom is -0.385 e. The molecule has 5 saturated carbocycles. The van der Waals surface area contributed by atoms with E-state index in [0.717, 1.165) is 35.9 Å². The lowest BCUT2D eigenvalue weighted by atomic mass is 9.79. The highest BCUT2D eigenvalue weighted by Gasteiger charge is 2.54. The average Bonchev–Trinajstić information content (AvgIpc) is 3.24. The summed E-state index contributed by atoms with van der Waals surface area (Å²) in [6.07, 6.45) is 13.0. The second-order valence-electron chi connectivity index (χ2n) is 11.3. The molecule has 6 rings (SSSR count). The van der Waals surface area contributed by atoms with Crippen LogP contribution in [0.5, 0.6) is 0 Å². The van der Waals surface area contributed by atoms with Crippen LogP contribution >= 0.6 is 0 Å². The largest absolute Gasteiger partial charge is 0.385 e. The fraction of sp³-hybridized carbons (Fsp3) is 0.840. The molecule has 0 heterocycles. The van der Waals surface area contributed by atoms with Gasteiger partial charge in [-0.25, -0.2) is 4.72 Å². The first kappa shape index (κ1) is 24.3. The lowest BCUT2D eigenvalue weighted by Gasteiger charge is -2.34. The van der Waals surface area contributed by atoms with Crippen molar-refractivity contribution in [1.82, 2.24) is 20.1 Å². The topological polar surface area (TPSA) is 112 Å². The summed E-state index contributed by atoms with van der Waals surface area (Å²) in [7, 11) is -0.455. The van der Waals surface area contributed by atoms with Crippen LogP contribution in [-0.2, 0) is 15.0 Å². The number of hydrogen-bond donors (Lipinski definition) is 4. The molecule has 9 heteroatoms. The van der Waals surface area contributed by atoms with E-state index in [1.807, 2.05) is 0 Å². The summed E-state index contributed by atoms with van der Waals surface area (Å²) in [5.41, 5.74) is 2.44. The molecule has 0 aliphatic heterocycles. The fourth-order valence-corrected chi connectivity index (χ4v) is 8.52. The van der Waals surface area contributed by atoms with Gasteiger partial charge in [0.1, 0.15) is 5.71 Å². The Morgan fingerprint density at radius 1 is 0.971 bits per heavy atom. The lowest BCUT2D eigenvalue weighted by Crippen LogP contribution is -2.49. The summed E-state index contributed by atoms with van der Waals surface area (Å²) in [6.45, 7) is 0. The van der Waals surface area contributed by atoms with Gasteiger partial charge >= 0.3 is 0 Å². The minimum absolute atomic E-state index is 0.0847. The maximum atomic E-state index is 13.6. The first-order valence-corrected chi connectivity index (χ1v) is 14.8. The number of carbonyl (C=O) groups excluding carboxylic acids is 1. The maximum absolute atomic E-state index is 13.6. The van der Waals surface area contributed by atoms with Gasteiger partial charge in [-0.1, -0.05) is 19.3 Å². The predicted octanol–water partition coefficient (Wildman–Crippen LogP) is 2.39. The third kappa shape index (κ3) is 4.93. The van der Waals surface area contributed by atoms with Gasteiger partial charge < -0.3 is 10.6 Å². The minimum atomic E-state index is -3.55. The Labute approximate surface area is 204 Å². The number of aliphatic imine (C=N–C) groups is 1. The number of nitrogens with zero attached hydrogens (tertiary/aromatic N) is 1. The predicted molar refractivity (Wildman–Crippen MR) is 134 cm³/mol. The highest BCUT2D eigenvalue weighted by molar-refractivity contribution is 7.87. The van der Waals surface area contributed by atoms with Crippen LogP contribution < -0.4 is 20.1 Å². The summed E-state index contributed by atoms with van der Waals surface area (Å²) in [5, 5.41) is 7.15. The van der Waals surface area contributed by atoms with Crippen molar-refractivity contribution in [3.05, 3.63) is 11.3 Å². The highest BCUT2D eigenvalue weighted by atomic mass is 32.2. The number of nitrogens with one attached hydrogen (secondary N) is 4. The van der Waals surface area contributed by atoms with Gasteiger partial charge in [0.15, 0.2) is 0 Å². The van der Waals surface area contributed by atoms with E-state index in [2.05, 4.69) is 25.1 Å². The van der Waals surface area contributed by atoms with Gasteiger partial charge in [-0.3, -0.25) is 9.79 Å². The van der Waals surface area contributed by atoms with Crippen molar-refractivity contribution in [2.75, 3.05) is 14.1 Å². The molecule has 0 aromatic heterocycles. The van der Waals surface area contributed by atoms with Crippen LogP contribution in [0, 0.1) is 23.7 Å². The molecule has 6 aliphatic rings. The molecule has 0 spiro atoms. The van der Waals surface area contributed by atoms with Crippen molar-refractivity contribution in [3.63, 3.8) is 0 Å². The van der Waals surface area contributed by atoms with Crippen LogP contribution in [0.1, 0.15) is 77.0 Å². The smallest absolute Gasteiger partial charge is 0.276 e. The molecule has 34 heavy (non-hydrogen) atoms. The number of rotatable bonds is 8. The van der Waals surface area contributed by atoms with Crippen molar-refractivity contribution in [1.29, 1.82) is 0 Å². The second kappa shape index (κ2) is 9.90. The maximum Gasteiger partial charge on any atom is 0.276 e. The summed E-state index contributed by atoms with van der Waals surface area (Å²) < 4.78 is 29.4. The SMILES string of the molecule is CN=C(C(=O)NC1C2CC3CC(C2)C1C3)C1=C(NC2CCCCC2)CCC(NS(=O)(=O)NC)C1. The summed E-state index contributed by atoms with van der Waals surface area (Å²) in [6, 6.07) is 0.434. The molecule has 8 nitrogen and oxygen atoms in total. The van der Waals surface area contributed by atoms with Gasteiger partial charge in [0.25, 0.3) is 16.1 Å². The van der Waals surface area contributed by atoms with E-state index in [-0.39, 0.29) is 18.0 Å². The lowest BCUT2D eigenvalue weighted by molar-refractivity contribution is -0.116. The molecule has 1 amide bonds. The van der Waals surface area contributed by atoms with Gasteiger partial charge in [-0.2, -0.15) is 13.1 Å². The summed E-state index contributed by atoms with van der Waals surface area (Å²) in [5.74, 6) is 2.81. The second-order valence-corrected chi connectivity index (χ2v) is 12.9. The van der Waals surface area contributed by atoms with Gasteiger partial charge in [0, 0.05) is 43.5 Å². The van der Waals surface area contributed by atoms with Crippen molar-refractivity contribution in [2.45, 2.75) is 95.2 Å². The number of carbonyl (C=O) groups is 1. The van der Waals surface area contributed by atoms with Crippen molar-refractivity contribution in [2.24, 2.45) is 28.7 Å². The van der Waals surface area contributed by atoms with Gasteiger partial charge in [-0.15, -0.1) is 0 Å². The van der Waals surface area contributed by atoms with Crippen LogP contribution in [0.15, 0.2) is 16.3 Å². The molecular weight excluding hydrogens is 450 g/mol. The van der Waals surface area contributed by atoms with Crippen molar-refractivity contribution in [3.8, 4) is 0 Å². The van der Waals surface area contributed by atoms with Gasteiger partial charge in [0.05, 0.1) is 0 Å². The van der Waals surface area contributed by atoms with Crippen LogP contribution in [0.25, 0.3) is 0 Å². The normalized spacial score (nSPS) is 36.2. The summed E-state index contributed by atoms with van der Waals surface area (Å²) >= 11 is 0. The van der Waals surface area contributed by atoms with E-state index < -0.39 is 10.2 Å². The van der Waals surface area contributed by atoms with E-state index in [1.54, 1.807) is 7.05 Å². The number of allylic oxidation sites excluding steroid dienone is 1. The molecule has 6 atom stereocenters. The molecule has 6 aliphatic carbocycles. The van der Waals surface area contributed by atoms with E-state index in [1.165, 1.54) is 52.0 Å². The number of hydrogen-bond acceptors (Lipinski definition) is 5. The Morgan fingerprint density at radius 2 is 1.74 bits per heavy atom. The molecule has 6 unspecified atom stereocenters. The Morgan fingerprint density at radius 3 is 2.44 bits per heavy atom. The first-order chi connectivity index (χ1) is 16.4. The molecule has 4 bridgehead atoms. The van der Waals surface area contributed by atoms with Gasteiger partial charge in [-0.05, 0) is 81.5 Å². The molecule has 0 radical (unpaired) electrons. The quantitative estimate of drug-likeness (QED) is 0.391. The molecule has 5 fully saturated rings. The first-order valence-electron chi connectivity index (χ1n) is 13.3. The third-order valence-electron chi connectivity index (χ3n) is 9.21. The Bertz CT molecular complexity index is 952. The molecule has 0 aromatic carbocycles.